The number of anilines is 1. The molecule has 160 valence electrons. The maximum absolute atomic E-state index is 14.4. The molecule has 1 fully saturated rings. The number of fused-ring (bicyclic) bond motifs is 1. The van der Waals surface area contributed by atoms with Gasteiger partial charge in [0.1, 0.15) is 18.0 Å². The highest BCUT2D eigenvalue weighted by atomic mass is 79.9. The lowest BCUT2D eigenvalue weighted by Gasteiger charge is -2.37. The molecule has 9 heteroatoms. The zero-order chi connectivity index (χ0) is 21.4. The first-order valence-corrected chi connectivity index (χ1v) is 10.9. The summed E-state index contributed by atoms with van der Waals surface area (Å²) in [7, 11) is 0. The van der Waals surface area contributed by atoms with Gasteiger partial charge in [-0.3, -0.25) is 4.79 Å². The van der Waals surface area contributed by atoms with Gasteiger partial charge in [0.05, 0.1) is 17.7 Å². The first-order chi connectivity index (χ1) is 14.4. The number of hydrogen-bond donors (Lipinski definition) is 2. The van der Waals surface area contributed by atoms with Crippen molar-refractivity contribution >= 4 is 27.7 Å². The fraction of sp³-hybridized carbons (Fsp3) is 0.476. The highest BCUT2D eigenvalue weighted by molar-refractivity contribution is 9.10. The molecule has 0 spiro atoms. The molecule has 2 aliphatic rings. The zero-order valence-electron chi connectivity index (χ0n) is 16.8. The molecule has 3 atom stereocenters. The molecule has 1 aromatic carbocycles. The van der Waals surface area contributed by atoms with E-state index in [2.05, 4.69) is 37.7 Å². The van der Waals surface area contributed by atoms with Gasteiger partial charge >= 0.3 is 0 Å². The number of aliphatic hydroxyl groups excluding tert-OH is 1. The van der Waals surface area contributed by atoms with Crippen LogP contribution in [-0.2, 0) is 4.79 Å². The Hall–Kier alpha value is -2.10. The molecule has 0 radical (unpaired) electrons. The Morgan fingerprint density at radius 3 is 2.73 bits per heavy atom. The van der Waals surface area contributed by atoms with Crippen LogP contribution >= 0.6 is 15.9 Å². The number of nitrogens with zero attached hydrogens (tertiary/aromatic N) is 4. The van der Waals surface area contributed by atoms with Crippen molar-refractivity contribution in [2.45, 2.75) is 31.3 Å². The van der Waals surface area contributed by atoms with Crippen LogP contribution in [0.5, 0.6) is 0 Å². The average molecular weight is 478 g/mol. The molecule has 1 unspecified atom stereocenters. The van der Waals surface area contributed by atoms with Gasteiger partial charge in [-0.05, 0) is 24.5 Å². The highest BCUT2D eigenvalue weighted by Crippen LogP contribution is 2.42. The minimum Gasteiger partial charge on any atom is -0.387 e. The number of aliphatic hydroxyl groups is 1. The number of amides is 1. The monoisotopic (exact) mass is 477 g/mol. The Balaban J connectivity index is 1.48. The molecule has 4 rings (SSSR count). The molecule has 1 saturated heterocycles. The van der Waals surface area contributed by atoms with Crippen LogP contribution in [-0.4, -0.2) is 58.6 Å². The van der Waals surface area contributed by atoms with Crippen molar-refractivity contribution in [2.75, 3.05) is 37.6 Å². The van der Waals surface area contributed by atoms with Crippen molar-refractivity contribution in [3.8, 4) is 0 Å². The average Bonchev–Trinajstić information content (AvgIpc) is 3.04. The molecule has 0 bridgehead atoms. The summed E-state index contributed by atoms with van der Waals surface area (Å²) < 4.78 is 15.0. The summed E-state index contributed by atoms with van der Waals surface area (Å²) >= 11 is 3.24. The zero-order valence-corrected chi connectivity index (χ0v) is 18.3. The molecular weight excluding hydrogens is 453 g/mol. The van der Waals surface area contributed by atoms with E-state index in [0.717, 1.165) is 11.4 Å². The quantitative estimate of drug-likeness (QED) is 0.701. The lowest BCUT2D eigenvalue weighted by atomic mass is 9.96. The number of nitrogens with two attached hydrogens (primary N) is 1. The largest absolute Gasteiger partial charge is 0.387 e. The van der Waals surface area contributed by atoms with Crippen LogP contribution in [0.1, 0.15) is 48.1 Å². The second kappa shape index (κ2) is 8.56. The fourth-order valence-electron chi connectivity index (χ4n) is 4.46. The number of piperazine rings is 1. The van der Waals surface area contributed by atoms with Gasteiger partial charge in [0.2, 0.25) is 5.91 Å². The van der Waals surface area contributed by atoms with Crippen LogP contribution < -0.4 is 10.6 Å². The Kier molecular flexibility index (Phi) is 6.04. The van der Waals surface area contributed by atoms with E-state index in [-0.39, 0.29) is 18.4 Å². The minimum atomic E-state index is -0.705. The maximum atomic E-state index is 14.4. The van der Waals surface area contributed by atoms with Gasteiger partial charge in [0, 0.05) is 48.3 Å². The third-order valence-electron chi connectivity index (χ3n) is 6.04. The molecular formula is C21H25BrFN5O2. The molecule has 2 aromatic rings. The van der Waals surface area contributed by atoms with Crippen molar-refractivity contribution in [3.05, 3.63) is 51.6 Å². The first kappa shape index (κ1) is 21.1. The van der Waals surface area contributed by atoms with Crippen molar-refractivity contribution < 1.29 is 14.3 Å². The number of aromatic nitrogens is 2. The lowest BCUT2D eigenvalue weighted by molar-refractivity contribution is -0.133. The van der Waals surface area contributed by atoms with Crippen LogP contribution in [0.4, 0.5) is 10.2 Å². The van der Waals surface area contributed by atoms with Crippen LogP contribution in [0, 0.1) is 5.82 Å². The van der Waals surface area contributed by atoms with E-state index in [1.807, 2.05) is 0 Å². The van der Waals surface area contributed by atoms with Gasteiger partial charge in [-0.25, -0.2) is 14.4 Å². The van der Waals surface area contributed by atoms with E-state index in [1.54, 1.807) is 17.0 Å². The van der Waals surface area contributed by atoms with Crippen molar-refractivity contribution in [1.82, 2.24) is 14.9 Å². The number of benzene rings is 1. The third kappa shape index (κ3) is 3.81. The summed E-state index contributed by atoms with van der Waals surface area (Å²) in [4.78, 5) is 25.7. The van der Waals surface area contributed by atoms with E-state index in [1.165, 1.54) is 12.4 Å². The highest BCUT2D eigenvalue weighted by Gasteiger charge is 2.35. The number of hydrogen-bond acceptors (Lipinski definition) is 6. The van der Waals surface area contributed by atoms with Crippen LogP contribution in [0.25, 0.3) is 0 Å². The number of carbonyl (C=O) groups excluding carboxylic acids is 1. The van der Waals surface area contributed by atoms with E-state index in [4.69, 9.17) is 5.73 Å². The van der Waals surface area contributed by atoms with E-state index < -0.39 is 17.8 Å². The summed E-state index contributed by atoms with van der Waals surface area (Å²) in [5, 5.41) is 10.2. The predicted octanol–water partition coefficient (Wildman–Crippen LogP) is 2.31. The van der Waals surface area contributed by atoms with Crippen molar-refractivity contribution in [1.29, 1.82) is 0 Å². The van der Waals surface area contributed by atoms with Crippen LogP contribution in [0.3, 0.4) is 0 Å². The smallest absolute Gasteiger partial charge is 0.231 e. The van der Waals surface area contributed by atoms with Gasteiger partial charge in [0.25, 0.3) is 0 Å². The fourth-order valence-corrected chi connectivity index (χ4v) is 4.79. The Morgan fingerprint density at radius 2 is 2.07 bits per heavy atom. The lowest BCUT2D eigenvalue weighted by Crippen LogP contribution is -2.51. The normalized spacial score (nSPS) is 22.2. The molecule has 0 saturated carbocycles. The molecule has 3 N–H and O–H groups in total. The third-order valence-corrected chi connectivity index (χ3v) is 6.53. The topological polar surface area (TPSA) is 95.6 Å². The first-order valence-electron chi connectivity index (χ1n) is 10.1. The second-order valence-corrected chi connectivity index (χ2v) is 8.83. The summed E-state index contributed by atoms with van der Waals surface area (Å²) in [6, 6.07) is 4.69. The molecule has 30 heavy (non-hydrogen) atoms. The minimum absolute atomic E-state index is 0.0480. The number of rotatable bonds is 4. The van der Waals surface area contributed by atoms with Gasteiger partial charge < -0.3 is 20.6 Å². The molecule has 1 aliphatic carbocycles. The summed E-state index contributed by atoms with van der Waals surface area (Å²) in [6.07, 6.45) is 1.59. The van der Waals surface area contributed by atoms with Crippen molar-refractivity contribution in [3.63, 3.8) is 0 Å². The van der Waals surface area contributed by atoms with Gasteiger partial charge in [-0.1, -0.05) is 28.9 Å². The molecule has 1 amide bonds. The van der Waals surface area contributed by atoms with Crippen LogP contribution in [0.15, 0.2) is 29.0 Å². The standard InChI is InChI=1S/C21H25BrFN5O2/c1-12-8-17(29)19-18(12)20(26-11-25-19)27-4-6-28(7-5-27)21(30)15(10-24)14-3-2-13(22)9-16(14)23/h2-3,9,11-12,15,17,29H,4-8,10,24H2,1H3/t12?,15-,17+/m1/s1. The van der Waals surface area contributed by atoms with Crippen molar-refractivity contribution in [2.24, 2.45) is 5.73 Å². The number of carbonyl (C=O) groups is 1. The Labute approximate surface area is 183 Å². The summed E-state index contributed by atoms with van der Waals surface area (Å²) in [5.41, 5.74) is 7.88. The Bertz CT molecular complexity index is 951. The Morgan fingerprint density at radius 1 is 1.33 bits per heavy atom. The van der Waals surface area contributed by atoms with Gasteiger partial charge in [-0.2, -0.15) is 0 Å². The SMILES string of the molecule is CC1C[C@H](O)c2ncnc(N3CCN(C(=O)[C@H](CN)c4ccc(Br)cc4F)CC3)c21. The van der Waals surface area contributed by atoms with E-state index >= 15 is 0 Å². The van der Waals surface area contributed by atoms with Crippen LogP contribution in [0.2, 0.25) is 0 Å². The predicted molar refractivity (Wildman–Crippen MR) is 115 cm³/mol. The second-order valence-electron chi connectivity index (χ2n) is 7.92. The van der Waals surface area contributed by atoms with E-state index in [0.29, 0.717) is 48.3 Å². The number of halogens is 2. The van der Waals surface area contributed by atoms with Gasteiger partial charge in [0.15, 0.2) is 0 Å². The summed E-state index contributed by atoms with van der Waals surface area (Å²) in [6.45, 7) is 4.34. The molecule has 7 nitrogen and oxygen atoms in total. The van der Waals surface area contributed by atoms with Gasteiger partial charge in [-0.15, -0.1) is 0 Å². The molecule has 1 aromatic heterocycles. The van der Waals surface area contributed by atoms with E-state index in [9.17, 15) is 14.3 Å². The molecule has 1 aliphatic heterocycles. The summed E-state index contributed by atoms with van der Waals surface area (Å²) in [5.74, 6) is -0.271. The maximum Gasteiger partial charge on any atom is 0.231 e. The molecule has 2 heterocycles.